The number of ether oxygens (including phenoxy) is 1. The summed E-state index contributed by atoms with van der Waals surface area (Å²) in [6, 6.07) is 9.94. The van der Waals surface area contributed by atoms with Crippen molar-refractivity contribution in [1.29, 1.82) is 0 Å². The SMILES string of the molecule is CC(=O)C=CCOCc1ccccc1. The van der Waals surface area contributed by atoms with Gasteiger partial charge in [0.2, 0.25) is 0 Å². The zero-order chi connectivity index (χ0) is 10.2. The Bertz CT molecular complexity index is 301. The predicted octanol–water partition coefficient (Wildman–Crippen LogP) is 2.35. The van der Waals surface area contributed by atoms with Crippen molar-refractivity contribution in [3.8, 4) is 0 Å². The van der Waals surface area contributed by atoms with Gasteiger partial charge in [-0.15, -0.1) is 0 Å². The van der Waals surface area contributed by atoms with Gasteiger partial charge in [-0.25, -0.2) is 0 Å². The summed E-state index contributed by atoms with van der Waals surface area (Å²) in [6.45, 7) is 2.59. The van der Waals surface area contributed by atoms with E-state index >= 15 is 0 Å². The Morgan fingerprint density at radius 1 is 1.36 bits per heavy atom. The highest BCUT2D eigenvalue weighted by atomic mass is 16.5. The molecule has 0 saturated carbocycles. The molecule has 0 unspecified atom stereocenters. The third-order valence-corrected chi connectivity index (χ3v) is 1.68. The van der Waals surface area contributed by atoms with E-state index in [0.717, 1.165) is 5.56 Å². The van der Waals surface area contributed by atoms with Gasteiger partial charge >= 0.3 is 0 Å². The molecule has 1 aromatic carbocycles. The molecule has 2 nitrogen and oxygen atoms in total. The molecule has 0 amide bonds. The van der Waals surface area contributed by atoms with Crippen molar-refractivity contribution in [2.24, 2.45) is 0 Å². The standard InChI is InChI=1S/C12H14O2/c1-11(13)6-5-9-14-10-12-7-3-2-4-8-12/h2-8H,9-10H2,1H3. The largest absolute Gasteiger partial charge is 0.373 e. The molecule has 0 fully saturated rings. The molecule has 0 heterocycles. The molecule has 0 atom stereocenters. The second kappa shape index (κ2) is 6.11. The third-order valence-electron chi connectivity index (χ3n) is 1.68. The molecule has 0 aliphatic heterocycles. The Kier molecular flexibility index (Phi) is 4.65. The summed E-state index contributed by atoms with van der Waals surface area (Å²) in [5.41, 5.74) is 1.14. The molecule has 0 aliphatic carbocycles. The lowest BCUT2D eigenvalue weighted by Crippen LogP contribution is -1.93. The van der Waals surface area contributed by atoms with Crippen LogP contribution in [0.5, 0.6) is 0 Å². The van der Waals surface area contributed by atoms with Crippen LogP contribution in [0.15, 0.2) is 42.5 Å². The highest BCUT2D eigenvalue weighted by Crippen LogP contribution is 1.99. The molecular formula is C12H14O2. The minimum atomic E-state index is 0.0494. The summed E-state index contributed by atoms with van der Waals surface area (Å²) in [5.74, 6) is 0.0494. The summed E-state index contributed by atoms with van der Waals surface area (Å²) in [7, 11) is 0. The lowest BCUT2D eigenvalue weighted by molar-refractivity contribution is -0.112. The van der Waals surface area contributed by atoms with E-state index in [2.05, 4.69) is 0 Å². The fourth-order valence-electron chi connectivity index (χ4n) is 1.03. The van der Waals surface area contributed by atoms with Gasteiger partial charge in [0, 0.05) is 0 Å². The summed E-state index contributed by atoms with van der Waals surface area (Å²) >= 11 is 0. The normalized spacial score (nSPS) is 10.6. The van der Waals surface area contributed by atoms with Crippen molar-refractivity contribution in [3.63, 3.8) is 0 Å². The van der Waals surface area contributed by atoms with Gasteiger partial charge in [-0.2, -0.15) is 0 Å². The molecule has 0 radical (unpaired) electrons. The van der Waals surface area contributed by atoms with E-state index in [1.165, 1.54) is 13.0 Å². The van der Waals surface area contributed by atoms with E-state index in [1.807, 2.05) is 30.3 Å². The van der Waals surface area contributed by atoms with Crippen molar-refractivity contribution in [3.05, 3.63) is 48.0 Å². The molecule has 0 bridgehead atoms. The van der Waals surface area contributed by atoms with Gasteiger partial charge < -0.3 is 4.74 Å². The van der Waals surface area contributed by atoms with Crippen molar-refractivity contribution >= 4 is 5.78 Å². The van der Waals surface area contributed by atoms with Gasteiger partial charge in [0.15, 0.2) is 5.78 Å². The zero-order valence-electron chi connectivity index (χ0n) is 8.27. The van der Waals surface area contributed by atoms with E-state index < -0.39 is 0 Å². The Labute approximate surface area is 84.2 Å². The van der Waals surface area contributed by atoms with Crippen LogP contribution in [0.25, 0.3) is 0 Å². The fourth-order valence-corrected chi connectivity index (χ4v) is 1.03. The number of carbonyl (C=O) groups excluding carboxylic acids is 1. The van der Waals surface area contributed by atoms with Crippen LogP contribution in [0, 0.1) is 0 Å². The van der Waals surface area contributed by atoms with Crippen molar-refractivity contribution in [2.75, 3.05) is 6.61 Å². The van der Waals surface area contributed by atoms with Crippen molar-refractivity contribution in [1.82, 2.24) is 0 Å². The molecule has 1 aromatic rings. The van der Waals surface area contributed by atoms with Crippen LogP contribution >= 0.6 is 0 Å². The number of allylic oxidation sites excluding steroid dienone is 1. The molecular weight excluding hydrogens is 176 g/mol. The minimum Gasteiger partial charge on any atom is -0.373 e. The van der Waals surface area contributed by atoms with Gasteiger partial charge in [0.25, 0.3) is 0 Å². The first-order chi connectivity index (χ1) is 6.79. The predicted molar refractivity (Wildman–Crippen MR) is 55.9 cm³/mol. The number of ketones is 1. The van der Waals surface area contributed by atoms with E-state index in [9.17, 15) is 4.79 Å². The Hall–Kier alpha value is -1.41. The van der Waals surface area contributed by atoms with Gasteiger partial charge in [-0.3, -0.25) is 4.79 Å². The molecule has 1 rings (SSSR count). The van der Waals surface area contributed by atoms with Gasteiger partial charge in [0.05, 0.1) is 13.2 Å². The average Bonchev–Trinajstić information content (AvgIpc) is 2.18. The van der Waals surface area contributed by atoms with Crippen LogP contribution in [0.3, 0.4) is 0 Å². The fraction of sp³-hybridized carbons (Fsp3) is 0.250. The molecule has 0 aliphatic rings. The number of hydrogen-bond acceptors (Lipinski definition) is 2. The molecule has 2 heteroatoms. The molecule has 0 spiro atoms. The molecule has 0 aromatic heterocycles. The highest BCUT2D eigenvalue weighted by Gasteiger charge is 1.89. The summed E-state index contributed by atoms with van der Waals surface area (Å²) in [4.78, 5) is 10.5. The summed E-state index contributed by atoms with van der Waals surface area (Å²) < 4.78 is 5.33. The first-order valence-electron chi connectivity index (χ1n) is 4.58. The average molecular weight is 190 g/mol. The first-order valence-corrected chi connectivity index (χ1v) is 4.58. The topological polar surface area (TPSA) is 26.3 Å². The molecule has 0 N–H and O–H groups in total. The van der Waals surface area contributed by atoms with E-state index in [0.29, 0.717) is 13.2 Å². The lowest BCUT2D eigenvalue weighted by Gasteiger charge is -2.00. The van der Waals surface area contributed by atoms with E-state index in [4.69, 9.17) is 4.74 Å². The van der Waals surface area contributed by atoms with E-state index in [-0.39, 0.29) is 5.78 Å². The maximum atomic E-state index is 10.5. The highest BCUT2D eigenvalue weighted by molar-refractivity contribution is 5.87. The maximum Gasteiger partial charge on any atom is 0.152 e. The van der Waals surface area contributed by atoms with E-state index in [1.54, 1.807) is 6.08 Å². The third kappa shape index (κ3) is 4.58. The second-order valence-corrected chi connectivity index (χ2v) is 3.01. The monoisotopic (exact) mass is 190 g/mol. The van der Waals surface area contributed by atoms with Gasteiger partial charge in [0.1, 0.15) is 0 Å². The first kappa shape index (κ1) is 10.7. The Balaban J connectivity index is 2.19. The maximum absolute atomic E-state index is 10.5. The van der Waals surface area contributed by atoms with Gasteiger partial charge in [-0.05, 0) is 18.6 Å². The number of rotatable bonds is 5. The van der Waals surface area contributed by atoms with Crippen molar-refractivity contribution in [2.45, 2.75) is 13.5 Å². The number of benzene rings is 1. The molecule has 74 valence electrons. The molecule has 14 heavy (non-hydrogen) atoms. The van der Waals surface area contributed by atoms with Gasteiger partial charge in [-0.1, -0.05) is 36.4 Å². The minimum absolute atomic E-state index is 0.0494. The molecule has 0 saturated heterocycles. The number of carbonyl (C=O) groups is 1. The van der Waals surface area contributed by atoms with Crippen LogP contribution in [0.2, 0.25) is 0 Å². The lowest BCUT2D eigenvalue weighted by atomic mass is 10.2. The summed E-state index contributed by atoms with van der Waals surface area (Å²) in [5, 5.41) is 0. The van der Waals surface area contributed by atoms with Crippen LogP contribution in [0.1, 0.15) is 12.5 Å². The Morgan fingerprint density at radius 2 is 2.07 bits per heavy atom. The second-order valence-electron chi connectivity index (χ2n) is 3.01. The van der Waals surface area contributed by atoms with Crippen LogP contribution in [0.4, 0.5) is 0 Å². The van der Waals surface area contributed by atoms with Crippen LogP contribution in [-0.2, 0) is 16.1 Å². The van der Waals surface area contributed by atoms with Crippen LogP contribution in [-0.4, -0.2) is 12.4 Å². The quantitative estimate of drug-likeness (QED) is 0.526. The summed E-state index contributed by atoms with van der Waals surface area (Å²) in [6.07, 6.45) is 3.25. The van der Waals surface area contributed by atoms with Crippen molar-refractivity contribution < 1.29 is 9.53 Å². The van der Waals surface area contributed by atoms with Crippen LogP contribution < -0.4 is 0 Å². The zero-order valence-corrected chi connectivity index (χ0v) is 8.27. The number of hydrogen-bond donors (Lipinski definition) is 0. The smallest absolute Gasteiger partial charge is 0.152 e. The Morgan fingerprint density at radius 3 is 2.71 bits per heavy atom.